The normalized spacial score (nSPS) is 18.6. The van der Waals surface area contributed by atoms with Crippen molar-refractivity contribution in [3.8, 4) is 11.3 Å². The molecule has 0 bridgehead atoms. The van der Waals surface area contributed by atoms with Gasteiger partial charge in [-0.25, -0.2) is 0 Å². The molecule has 5 nitrogen and oxygen atoms in total. The van der Waals surface area contributed by atoms with Crippen molar-refractivity contribution in [1.29, 1.82) is 0 Å². The zero-order valence-electron chi connectivity index (χ0n) is 22.3. The van der Waals surface area contributed by atoms with Crippen LogP contribution < -0.4 is 5.32 Å². The summed E-state index contributed by atoms with van der Waals surface area (Å²) >= 11 is 0. The Morgan fingerprint density at radius 3 is 2.73 bits per heavy atom. The number of amides is 1. The number of pyridine rings is 1. The van der Waals surface area contributed by atoms with Crippen molar-refractivity contribution < 1.29 is 4.79 Å². The van der Waals surface area contributed by atoms with Crippen molar-refractivity contribution in [3.63, 3.8) is 0 Å². The number of nitrogens with one attached hydrogen (secondary N) is 1. The lowest BCUT2D eigenvalue weighted by Gasteiger charge is -2.36. The molecule has 1 fully saturated rings. The number of hydrogen-bond donors (Lipinski definition) is 1. The highest BCUT2D eigenvalue weighted by Gasteiger charge is 2.28. The number of nitrogens with zero attached hydrogens (tertiary/aromatic N) is 3. The summed E-state index contributed by atoms with van der Waals surface area (Å²) in [7, 11) is 0. The number of piperidine rings is 1. The predicted molar refractivity (Wildman–Crippen MR) is 152 cm³/mol. The first-order valence-electron chi connectivity index (χ1n) is 13.6. The summed E-state index contributed by atoms with van der Waals surface area (Å²) < 4.78 is 0. The molecule has 1 N–H and O–H groups in total. The molecule has 0 atom stereocenters. The molecule has 1 aromatic heterocycles. The fourth-order valence-corrected chi connectivity index (χ4v) is 5.69. The van der Waals surface area contributed by atoms with E-state index in [0.717, 1.165) is 84.5 Å². The highest BCUT2D eigenvalue weighted by Crippen LogP contribution is 2.35. The van der Waals surface area contributed by atoms with Crippen LogP contribution in [0.5, 0.6) is 0 Å². The monoisotopic (exact) mass is 494 g/mol. The third kappa shape index (κ3) is 5.33. The van der Waals surface area contributed by atoms with Gasteiger partial charge in [0.25, 0.3) is 0 Å². The summed E-state index contributed by atoms with van der Waals surface area (Å²) in [5, 5.41) is 3.37. The van der Waals surface area contributed by atoms with Crippen LogP contribution in [0.3, 0.4) is 0 Å². The summed E-state index contributed by atoms with van der Waals surface area (Å²) in [6, 6.07) is 11.3. The zero-order chi connectivity index (χ0) is 25.9. The van der Waals surface area contributed by atoms with Crippen molar-refractivity contribution in [2.75, 3.05) is 19.6 Å². The minimum absolute atomic E-state index is 0.0932. The van der Waals surface area contributed by atoms with Gasteiger partial charge in [-0.05, 0) is 87.4 Å². The van der Waals surface area contributed by atoms with Gasteiger partial charge in [-0.1, -0.05) is 30.9 Å². The maximum atomic E-state index is 13.5. The van der Waals surface area contributed by atoms with E-state index in [2.05, 4.69) is 85.1 Å². The molecule has 0 saturated carbocycles. The molecule has 3 aliphatic heterocycles. The third-order valence-corrected chi connectivity index (χ3v) is 7.92. The largest absolute Gasteiger partial charge is 0.349 e. The lowest BCUT2D eigenvalue weighted by Crippen LogP contribution is -2.47. The second-order valence-corrected chi connectivity index (χ2v) is 10.6. The SMILES string of the molecule is C=Cc1ccc(-c2ncccc2C2=CC3=C(C(=O)NC4CCN(C(C)C)CC4)CCCN3C=C2)cc1C. The van der Waals surface area contributed by atoms with Gasteiger partial charge in [0.1, 0.15) is 0 Å². The van der Waals surface area contributed by atoms with E-state index in [-0.39, 0.29) is 11.9 Å². The predicted octanol–water partition coefficient (Wildman–Crippen LogP) is 5.95. The molecule has 4 heterocycles. The average Bonchev–Trinajstić information content (AvgIpc) is 2.92. The second kappa shape index (κ2) is 10.9. The number of fused-ring (bicyclic) bond motifs is 1. The minimum atomic E-state index is 0.0932. The van der Waals surface area contributed by atoms with E-state index in [1.807, 2.05) is 18.3 Å². The van der Waals surface area contributed by atoms with Crippen LogP contribution in [0.2, 0.25) is 0 Å². The molecule has 37 heavy (non-hydrogen) atoms. The zero-order valence-corrected chi connectivity index (χ0v) is 22.3. The number of aryl methyl sites for hydroxylation is 1. The molecule has 0 aliphatic carbocycles. The standard InChI is InChI=1S/C32H38N4O/c1-5-24-10-11-26(20-23(24)4)31-28(8-6-15-33-31)25-12-17-36-16-7-9-29(30(36)21-25)32(37)34-27-13-18-35(19-14-27)22(2)3/h5-6,8,10-12,15,17,20-22,27H,1,7,9,13-14,16,18-19H2,2-4H3,(H,34,37). The molecule has 0 spiro atoms. The van der Waals surface area contributed by atoms with Crippen LogP contribution in [0, 0.1) is 6.92 Å². The molecule has 1 amide bonds. The van der Waals surface area contributed by atoms with E-state index in [9.17, 15) is 4.79 Å². The summed E-state index contributed by atoms with van der Waals surface area (Å²) in [6.45, 7) is 13.5. The Balaban J connectivity index is 1.43. The Hall–Kier alpha value is -3.44. The Kier molecular flexibility index (Phi) is 7.43. The van der Waals surface area contributed by atoms with Crippen LogP contribution >= 0.6 is 0 Å². The molecule has 5 heteroatoms. The Labute approximate surface area is 221 Å². The van der Waals surface area contributed by atoms with E-state index >= 15 is 0 Å². The van der Waals surface area contributed by atoms with E-state index in [4.69, 9.17) is 4.98 Å². The summed E-state index contributed by atoms with van der Waals surface area (Å²) in [4.78, 5) is 23.0. The third-order valence-electron chi connectivity index (χ3n) is 7.92. The smallest absolute Gasteiger partial charge is 0.249 e. The summed E-state index contributed by atoms with van der Waals surface area (Å²) in [5.74, 6) is 0.0932. The van der Waals surface area contributed by atoms with Gasteiger partial charge in [-0.15, -0.1) is 0 Å². The van der Waals surface area contributed by atoms with Gasteiger partial charge < -0.3 is 15.1 Å². The number of carbonyl (C=O) groups is 1. The van der Waals surface area contributed by atoms with E-state index in [1.54, 1.807) is 0 Å². The second-order valence-electron chi connectivity index (χ2n) is 10.6. The number of aromatic nitrogens is 1. The van der Waals surface area contributed by atoms with Gasteiger partial charge in [0.05, 0.1) is 5.69 Å². The molecule has 5 rings (SSSR count). The van der Waals surface area contributed by atoms with Crippen molar-refractivity contribution in [2.45, 2.75) is 58.5 Å². The number of benzene rings is 1. The first-order chi connectivity index (χ1) is 17.9. The van der Waals surface area contributed by atoms with Crippen LogP contribution in [-0.2, 0) is 4.79 Å². The fraction of sp³-hybridized carbons (Fsp3) is 0.375. The van der Waals surface area contributed by atoms with E-state index < -0.39 is 0 Å². The van der Waals surface area contributed by atoms with E-state index in [0.29, 0.717) is 6.04 Å². The summed E-state index contributed by atoms with van der Waals surface area (Å²) in [6.07, 6.45) is 14.0. The summed E-state index contributed by atoms with van der Waals surface area (Å²) in [5.41, 5.74) is 8.41. The molecular formula is C32H38N4O. The van der Waals surface area contributed by atoms with Crippen LogP contribution in [0.25, 0.3) is 22.9 Å². The quantitative estimate of drug-likeness (QED) is 0.539. The molecular weight excluding hydrogens is 456 g/mol. The fourth-order valence-electron chi connectivity index (χ4n) is 5.69. The molecule has 0 unspecified atom stereocenters. The number of allylic oxidation sites excluding steroid dienone is 3. The topological polar surface area (TPSA) is 48.5 Å². The van der Waals surface area contributed by atoms with Crippen molar-refractivity contribution >= 4 is 17.6 Å². The van der Waals surface area contributed by atoms with E-state index in [1.165, 1.54) is 5.56 Å². The maximum absolute atomic E-state index is 13.5. The number of hydrogen-bond acceptors (Lipinski definition) is 4. The van der Waals surface area contributed by atoms with Gasteiger partial charge in [0, 0.05) is 66.5 Å². The highest BCUT2D eigenvalue weighted by molar-refractivity contribution is 5.96. The lowest BCUT2D eigenvalue weighted by atomic mass is 9.92. The van der Waals surface area contributed by atoms with Gasteiger partial charge in [0.15, 0.2) is 0 Å². The van der Waals surface area contributed by atoms with Crippen molar-refractivity contribution in [2.24, 2.45) is 0 Å². The molecule has 1 saturated heterocycles. The number of rotatable bonds is 6. The van der Waals surface area contributed by atoms with Gasteiger partial charge in [-0.2, -0.15) is 0 Å². The van der Waals surface area contributed by atoms with Crippen molar-refractivity contribution in [1.82, 2.24) is 20.1 Å². The first kappa shape index (κ1) is 25.2. The highest BCUT2D eigenvalue weighted by atomic mass is 16.1. The van der Waals surface area contributed by atoms with Crippen LogP contribution in [0.4, 0.5) is 0 Å². The van der Waals surface area contributed by atoms with Gasteiger partial charge in [0.2, 0.25) is 5.91 Å². The molecule has 192 valence electrons. The van der Waals surface area contributed by atoms with Crippen LogP contribution in [-0.4, -0.2) is 52.4 Å². The molecule has 1 aromatic carbocycles. The minimum Gasteiger partial charge on any atom is -0.349 e. The maximum Gasteiger partial charge on any atom is 0.249 e. The van der Waals surface area contributed by atoms with Gasteiger partial charge >= 0.3 is 0 Å². The lowest BCUT2D eigenvalue weighted by molar-refractivity contribution is -0.118. The number of carbonyl (C=O) groups excluding carboxylic acids is 1. The van der Waals surface area contributed by atoms with Gasteiger partial charge in [-0.3, -0.25) is 9.78 Å². The Morgan fingerprint density at radius 1 is 1.19 bits per heavy atom. The first-order valence-corrected chi connectivity index (χ1v) is 13.6. The van der Waals surface area contributed by atoms with Crippen molar-refractivity contribution in [3.05, 3.63) is 89.4 Å². The number of likely N-dealkylation sites (tertiary alicyclic amines) is 1. The molecule has 0 radical (unpaired) electrons. The molecule has 2 aromatic rings. The average molecular weight is 495 g/mol. The van der Waals surface area contributed by atoms with Crippen LogP contribution in [0.15, 0.2) is 72.7 Å². The Morgan fingerprint density at radius 2 is 2.00 bits per heavy atom. The Bertz CT molecular complexity index is 1280. The molecule has 3 aliphatic rings. The van der Waals surface area contributed by atoms with Crippen LogP contribution in [0.1, 0.15) is 56.2 Å².